The van der Waals surface area contributed by atoms with Crippen LogP contribution in [0.4, 0.5) is 0 Å². The van der Waals surface area contributed by atoms with Gasteiger partial charge in [-0.1, -0.05) is 0 Å². The second kappa shape index (κ2) is 5.09. The molecule has 0 bridgehead atoms. The van der Waals surface area contributed by atoms with Crippen molar-refractivity contribution in [2.45, 2.75) is 6.92 Å². The Morgan fingerprint density at radius 3 is 1.83 bits per heavy atom. The first-order valence-electron chi connectivity index (χ1n) is 1.45. The molecule has 0 radical (unpaired) electrons. The zero-order valence-electron chi connectivity index (χ0n) is 4.12. The summed E-state index contributed by atoms with van der Waals surface area (Å²) in [6.45, 7) is 1.47. The Labute approximate surface area is 50.1 Å². The van der Waals surface area contributed by atoms with Crippen LogP contribution >= 0.6 is 0 Å². The van der Waals surface area contributed by atoms with Crippen molar-refractivity contribution in [1.29, 1.82) is 0 Å². The molecule has 0 aromatic heterocycles. The van der Waals surface area contributed by atoms with E-state index >= 15 is 0 Å². The average molecular weight is 138 g/mol. The molecule has 0 aliphatic rings. The summed E-state index contributed by atoms with van der Waals surface area (Å²) in [6.07, 6.45) is 0. The molecular weight excluding hydrogens is 131 g/mol. The van der Waals surface area contributed by atoms with Crippen LogP contribution in [0.15, 0.2) is 0 Å². The predicted octanol–water partition coefficient (Wildman–Crippen LogP) is -0.250. The molecule has 3 heteroatoms. The Morgan fingerprint density at radius 2 is 1.83 bits per heavy atom. The fourth-order valence-electron chi connectivity index (χ4n) is 0. The summed E-state index contributed by atoms with van der Waals surface area (Å²) in [5.41, 5.74) is 0. The maximum Gasteiger partial charge on any atom is 0.216 e. The Kier molecular flexibility index (Phi) is 8.01. The van der Waals surface area contributed by atoms with Gasteiger partial charge in [0.05, 0.1) is 0 Å². The van der Waals surface area contributed by atoms with Crippen LogP contribution in [0.2, 0.25) is 0 Å². The first-order chi connectivity index (χ1) is 2.27. The van der Waals surface area contributed by atoms with E-state index in [-0.39, 0.29) is 25.4 Å². The molecule has 0 aromatic rings. The molecule has 0 saturated carbocycles. The molecule has 0 unspecified atom stereocenters. The molecule has 2 nitrogen and oxygen atoms in total. The van der Waals surface area contributed by atoms with Crippen molar-refractivity contribution < 1.29 is 24.3 Å². The number of rotatable bonds is 0. The average Bonchev–Trinajstić information content (AvgIpc) is 1.38. The van der Waals surface area contributed by atoms with Gasteiger partial charge in [-0.3, -0.25) is 4.79 Å². The van der Waals surface area contributed by atoms with Crippen LogP contribution in [-0.2, 0) is 24.3 Å². The molecule has 0 aliphatic heterocycles. The predicted molar refractivity (Wildman–Crippen MR) is 19.7 cm³/mol. The van der Waals surface area contributed by atoms with Crippen molar-refractivity contribution in [2.75, 3.05) is 7.05 Å². The number of hydrogen-bond acceptors (Lipinski definition) is 1. The number of nitrogens with one attached hydrogen (secondary N) is 1. The van der Waals surface area contributed by atoms with E-state index in [2.05, 4.69) is 5.32 Å². The minimum absolute atomic E-state index is 0. The molecule has 0 spiro atoms. The Morgan fingerprint density at radius 1 is 1.67 bits per heavy atom. The van der Waals surface area contributed by atoms with Crippen LogP contribution in [0.1, 0.15) is 6.92 Å². The minimum atomic E-state index is 0. The molecule has 32 valence electrons. The van der Waals surface area contributed by atoms with Crippen LogP contribution < -0.4 is 5.32 Å². The summed E-state index contributed by atoms with van der Waals surface area (Å²) in [7, 11) is 1.60. The third kappa shape index (κ3) is 8.94. The Hall–Kier alpha value is 0.0934. The van der Waals surface area contributed by atoms with E-state index in [1.807, 2.05) is 0 Å². The Bertz CT molecular complexity index is 46.1. The molecule has 1 amide bonds. The van der Waals surface area contributed by atoms with E-state index in [4.69, 9.17) is 0 Å². The molecule has 0 heterocycles. The van der Waals surface area contributed by atoms with Gasteiger partial charge >= 0.3 is 0 Å². The van der Waals surface area contributed by atoms with E-state index in [0.717, 1.165) is 0 Å². The quantitative estimate of drug-likeness (QED) is 0.460. The SMILES string of the molecule is CNC(C)=O.[Zn]. The van der Waals surface area contributed by atoms with Crippen molar-refractivity contribution in [3.63, 3.8) is 0 Å². The Balaban J connectivity index is 0. The van der Waals surface area contributed by atoms with Gasteiger partial charge in [0.1, 0.15) is 0 Å². The van der Waals surface area contributed by atoms with Gasteiger partial charge in [-0.15, -0.1) is 0 Å². The number of amides is 1. The van der Waals surface area contributed by atoms with Crippen LogP contribution in [0, 0.1) is 0 Å². The molecule has 0 atom stereocenters. The van der Waals surface area contributed by atoms with Gasteiger partial charge < -0.3 is 5.32 Å². The standard InChI is InChI=1S/C3H7NO.Zn/c1-3(5)4-2;/h1-2H3,(H,4,5);. The maximum atomic E-state index is 9.70. The van der Waals surface area contributed by atoms with Crippen molar-refractivity contribution in [2.24, 2.45) is 0 Å². The summed E-state index contributed by atoms with van der Waals surface area (Å²) in [4.78, 5) is 9.70. The zero-order valence-corrected chi connectivity index (χ0v) is 7.08. The smallest absolute Gasteiger partial charge is 0.216 e. The fraction of sp³-hybridized carbons (Fsp3) is 0.667. The first-order valence-corrected chi connectivity index (χ1v) is 1.45. The number of hydrogen-bond donors (Lipinski definition) is 1. The first kappa shape index (κ1) is 9.43. The molecule has 0 rings (SSSR count). The molecule has 0 aliphatic carbocycles. The minimum Gasteiger partial charge on any atom is -0.359 e. The van der Waals surface area contributed by atoms with Crippen LogP contribution in [0.25, 0.3) is 0 Å². The molecule has 0 saturated heterocycles. The largest absolute Gasteiger partial charge is 0.359 e. The van der Waals surface area contributed by atoms with Crippen LogP contribution in [-0.4, -0.2) is 13.0 Å². The van der Waals surface area contributed by atoms with Crippen LogP contribution in [0.5, 0.6) is 0 Å². The monoisotopic (exact) mass is 137 g/mol. The van der Waals surface area contributed by atoms with E-state index in [1.165, 1.54) is 6.92 Å². The van der Waals surface area contributed by atoms with Gasteiger partial charge in [-0.05, 0) is 0 Å². The van der Waals surface area contributed by atoms with Gasteiger partial charge in [0, 0.05) is 33.4 Å². The number of carbonyl (C=O) groups is 1. The van der Waals surface area contributed by atoms with E-state index < -0.39 is 0 Å². The summed E-state index contributed by atoms with van der Waals surface area (Å²) >= 11 is 0. The van der Waals surface area contributed by atoms with E-state index in [0.29, 0.717) is 0 Å². The summed E-state index contributed by atoms with van der Waals surface area (Å²) in [5, 5.41) is 2.39. The number of carbonyl (C=O) groups excluding carboxylic acids is 1. The van der Waals surface area contributed by atoms with Gasteiger partial charge in [0.15, 0.2) is 0 Å². The molecule has 0 fully saturated rings. The van der Waals surface area contributed by atoms with Crippen molar-refractivity contribution in [1.82, 2.24) is 5.32 Å². The van der Waals surface area contributed by atoms with Gasteiger partial charge in [0.2, 0.25) is 5.91 Å². The third-order valence-electron chi connectivity index (χ3n) is 0.352. The van der Waals surface area contributed by atoms with E-state index in [9.17, 15) is 4.79 Å². The van der Waals surface area contributed by atoms with E-state index in [1.54, 1.807) is 7.05 Å². The molecular formula is C3H7NOZn. The summed E-state index contributed by atoms with van der Waals surface area (Å²) in [5.74, 6) is 0.00463. The van der Waals surface area contributed by atoms with Crippen molar-refractivity contribution in [3.05, 3.63) is 0 Å². The third-order valence-corrected chi connectivity index (χ3v) is 0.352. The fourth-order valence-corrected chi connectivity index (χ4v) is 0. The van der Waals surface area contributed by atoms with Gasteiger partial charge in [-0.25, -0.2) is 0 Å². The summed E-state index contributed by atoms with van der Waals surface area (Å²) in [6, 6.07) is 0. The van der Waals surface area contributed by atoms with Gasteiger partial charge in [-0.2, -0.15) is 0 Å². The van der Waals surface area contributed by atoms with Crippen LogP contribution in [0.3, 0.4) is 0 Å². The second-order valence-corrected chi connectivity index (χ2v) is 0.806. The normalized spacial score (nSPS) is 5.67. The zero-order chi connectivity index (χ0) is 4.28. The molecule has 1 N–H and O–H groups in total. The molecule has 0 aromatic carbocycles. The molecule has 6 heavy (non-hydrogen) atoms. The van der Waals surface area contributed by atoms with Crippen molar-refractivity contribution in [3.8, 4) is 0 Å². The summed E-state index contributed by atoms with van der Waals surface area (Å²) < 4.78 is 0. The second-order valence-electron chi connectivity index (χ2n) is 0.806. The maximum absolute atomic E-state index is 9.70. The van der Waals surface area contributed by atoms with Crippen molar-refractivity contribution >= 4 is 5.91 Å². The van der Waals surface area contributed by atoms with Gasteiger partial charge in [0.25, 0.3) is 0 Å². The topological polar surface area (TPSA) is 29.1 Å².